The second-order valence-corrected chi connectivity index (χ2v) is 11.9. The second-order valence-electron chi connectivity index (χ2n) is 11.9. The largest absolute Gasteiger partial charge is 2.00 e. The van der Waals surface area contributed by atoms with E-state index < -0.39 is 0 Å². The molecular formula is C41H28N6O2PdPt. The van der Waals surface area contributed by atoms with E-state index in [1.807, 2.05) is 105 Å². The maximum absolute atomic E-state index is 6.42. The molecule has 4 aromatic heterocycles. The van der Waals surface area contributed by atoms with Gasteiger partial charge in [0, 0.05) is 35.4 Å². The molecule has 0 aliphatic carbocycles. The fourth-order valence-electron chi connectivity index (χ4n) is 5.68. The van der Waals surface area contributed by atoms with Gasteiger partial charge in [-0.25, -0.2) is 15.0 Å². The Kier molecular flexibility index (Phi) is 10.5. The first-order chi connectivity index (χ1) is 23.9. The van der Waals surface area contributed by atoms with Crippen LogP contribution in [0.1, 0.15) is 22.3 Å². The van der Waals surface area contributed by atoms with Crippen molar-refractivity contribution in [1.29, 1.82) is 0 Å². The smallest absolute Gasteiger partial charge is 0.503 e. The predicted octanol–water partition coefficient (Wildman–Crippen LogP) is 9.11. The molecule has 4 aromatic carbocycles. The molecule has 0 fully saturated rings. The van der Waals surface area contributed by atoms with Crippen molar-refractivity contribution in [2.75, 3.05) is 0 Å². The van der Waals surface area contributed by atoms with Crippen LogP contribution in [0.3, 0.4) is 0 Å². The van der Waals surface area contributed by atoms with E-state index >= 15 is 0 Å². The van der Waals surface area contributed by atoms with Crippen molar-refractivity contribution in [3.8, 4) is 51.5 Å². The minimum Gasteiger partial charge on any atom is -0.503 e. The van der Waals surface area contributed by atoms with Gasteiger partial charge in [0.05, 0.1) is 0 Å². The molecule has 8 aromatic rings. The summed E-state index contributed by atoms with van der Waals surface area (Å²) in [5.74, 6) is 2.64. The van der Waals surface area contributed by atoms with Gasteiger partial charge >= 0.3 is 41.5 Å². The number of aryl methyl sites for hydroxylation is 4. The maximum Gasteiger partial charge on any atom is 2.00 e. The number of aromatic nitrogens is 6. The van der Waals surface area contributed by atoms with E-state index in [1.54, 1.807) is 12.4 Å². The summed E-state index contributed by atoms with van der Waals surface area (Å²) in [4.78, 5) is 22.0. The van der Waals surface area contributed by atoms with Crippen LogP contribution < -0.4 is 9.47 Å². The second kappa shape index (κ2) is 15.0. The van der Waals surface area contributed by atoms with E-state index in [0.717, 1.165) is 66.6 Å². The topological polar surface area (TPSA) is 87.8 Å². The van der Waals surface area contributed by atoms with Crippen LogP contribution in [-0.2, 0) is 41.5 Å². The average molecular weight is 938 g/mol. The summed E-state index contributed by atoms with van der Waals surface area (Å²) >= 11 is 0. The third-order valence-electron chi connectivity index (χ3n) is 8.23. The van der Waals surface area contributed by atoms with Gasteiger partial charge in [0.15, 0.2) is 0 Å². The average Bonchev–Trinajstić information content (AvgIpc) is 3.43. The van der Waals surface area contributed by atoms with E-state index in [2.05, 4.69) is 49.2 Å². The van der Waals surface area contributed by atoms with Crippen LogP contribution in [-0.4, -0.2) is 29.5 Å². The molecule has 10 heteroatoms. The zero-order valence-electron chi connectivity index (χ0n) is 27.9. The summed E-state index contributed by atoms with van der Waals surface area (Å²) in [6.45, 7) is 8.06. The number of ether oxygens (including phenoxy) is 2. The third kappa shape index (κ3) is 7.25. The van der Waals surface area contributed by atoms with Gasteiger partial charge in [-0.15, -0.1) is 59.7 Å². The SMILES string of the molecule is Cc1ccnc(-c2[c-]c(Oc3[c-]c4c(cc3)c3ccc(Oc5[c-]c(-c6cc(C)ccn6)ccc5C)[c-]c3n4-c3ncncn3)c(C)cc2)c1.[Pd+2].[Pt+2]. The first-order valence-electron chi connectivity index (χ1n) is 15.7. The Balaban J connectivity index is 0.00000224. The van der Waals surface area contributed by atoms with Gasteiger partial charge in [-0.05, 0) is 37.4 Å². The summed E-state index contributed by atoms with van der Waals surface area (Å²) in [6.07, 6.45) is 6.53. The number of hydrogen-bond donors (Lipinski definition) is 0. The number of pyridine rings is 2. The van der Waals surface area contributed by atoms with E-state index in [1.165, 1.54) is 12.7 Å². The Bertz CT molecular complexity index is 2370. The minimum atomic E-state index is 0. The first-order valence-corrected chi connectivity index (χ1v) is 15.7. The molecule has 0 aliphatic heterocycles. The molecule has 254 valence electrons. The molecule has 0 amide bonds. The first kappa shape index (κ1) is 35.8. The summed E-state index contributed by atoms with van der Waals surface area (Å²) in [7, 11) is 0. The zero-order valence-corrected chi connectivity index (χ0v) is 31.7. The Morgan fingerprint density at radius 3 is 1.47 bits per heavy atom. The van der Waals surface area contributed by atoms with Gasteiger partial charge < -0.3 is 24.0 Å². The van der Waals surface area contributed by atoms with Crippen molar-refractivity contribution in [3.63, 3.8) is 0 Å². The van der Waals surface area contributed by atoms with Crippen LogP contribution in [0.15, 0.2) is 97.8 Å². The Morgan fingerprint density at radius 1 is 0.549 bits per heavy atom. The number of benzene rings is 4. The molecule has 0 atom stereocenters. The normalized spacial score (nSPS) is 10.8. The maximum atomic E-state index is 6.42. The van der Waals surface area contributed by atoms with E-state index in [9.17, 15) is 0 Å². The number of nitrogens with zero attached hydrogens (tertiary/aromatic N) is 6. The summed E-state index contributed by atoms with van der Waals surface area (Å²) in [5, 5.41) is 1.86. The van der Waals surface area contributed by atoms with Crippen LogP contribution in [0.5, 0.6) is 23.0 Å². The van der Waals surface area contributed by atoms with Gasteiger partial charge in [0.25, 0.3) is 0 Å². The minimum absolute atomic E-state index is 0. The molecule has 8 nitrogen and oxygen atoms in total. The van der Waals surface area contributed by atoms with Gasteiger partial charge in [0.2, 0.25) is 5.95 Å². The number of rotatable bonds is 7. The molecule has 0 spiro atoms. The molecule has 8 rings (SSSR count). The molecule has 0 aliphatic rings. The standard InChI is InChI=1S/C41H28N6O2.Pd.Pt/c1-25-13-15-43-35(17-25)29-7-5-27(3)39(19-29)48-31-9-11-33-34-12-10-32(22-38(34)47(37(33)21-31)41-45-23-42-24-46-41)49-40-20-30(8-6-28(40)4)36-18-26(2)14-16-44-36;;/h5-18,23-24H,1-4H3;;/q-4;2*+2. The predicted molar refractivity (Wildman–Crippen MR) is 188 cm³/mol. The Labute approximate surface area is 323 Å². The Hall–Kier alpha value is -5.06. The van der Waals surface area contributed by atoms with Gasteiger partial charge in [0.1, 0.15) is 12.7 Å². The molecular weight excluding hydrogens is 910 g/mol. The molecule has 51 heavy (non-hydrogen) atoms. The quantitative estimate of drug-likeness (QED) is 0.117. The van der Waals surface area contributed by atoms with Crippen LogP contribution in [0.25, 0.3) is 50.3 Å². The summed E-state index contributed by atoms with van der Waals surface area (Å²) in [6, 6.07) is 37.6. The molecule has 0 saturated carbocycles. The molecule has 0 bridgehead atoms. The van der Waals surface area contributed by atoms with Crippen LogP contribution in [0, 0.1) is 52.0 Å². The van der Waals surface area contributed by atoms with Gasteiger partial charge in [-0.3, -0.25) is 0 Å². The van der Waals surface area contributed by atoms with E-state index in [0.29, 0.717) is 28.9 Å². The van der Waals surface area contributed by atoms with Crippen molar-refractivity contribution in [2.45, 2.75) is 27.7 Å². The van der Waals surface area contributed by atoms with Crippen LogP contribution in [0.4, 0.5) is 0 Å². The van der Waals surface area contributed by atoms with Crippen molar-refractivity contribution >= 4 is 21.8 Å². The Morgan fingerprint density at radius 2 is 1.02 bits per heavy atom. The number of hydrogen-bond acceptors (Lipinski definition) is 7. The van der Waals surface area contributed by atoms with Gasteiger partial charge in [-0.2, -0.15) is 22.9 Å². The monoisotopic (exact) mass is 937 g/mol. The van der Waals surface area contributed by atoms with Crippen molar-refractivity contribution in [1.82, 2.24) is 29.5 Å². The van der Waals surface area contributed by atoms with Gasteiger partial charge in [-0.1, -0.05) is 71.4 Å². The summed E-state index contributed by atoms with van der Waals surface area (Å²) < 4.78 is 14.7. The number of fused-ring (bicyclic) bond motifs is 3. The van der Waals surface area contributed by atoms with Crippen molar-refractivity contribution in [2.24, 2.45) is 0 Å². The summed E-state index contributed by atoms with van der Waals surface area (Å²) in [5.41, 5.74) is 8.92. The fraction of sp³-hybridized carbons (Fsp3) is 0.0976. The van der Waals surface area contributed by atoms with Crippen molar-refractivity contribution < 1.29 is 51.0 Å². The molecule has 0 N–H and O–H groups in total. The van der Waals surface area contributed by atoms with Crippen molar-refractivity contribution in [3.05, 3.63) is 144 Å². The van der Waals surface area contributed by atoms with Crippen LogP contribution in [0.2, 0.25) is 0 Å². The molecule has 0 radical (unpaired) electrons. The zero-order chi connectivity index (χ0) is 33.5. The third-order valence-corrected chi connectivity index (χ3v) is 8.23. The molecule has 4 heterocycles. The fourth-order valence-corrected chi connectivity index (χ4v) is 5.68. The molecule has 0 unspecified atom stereocenters. The molecule has 0 saturated heterocycles. The van der Waals surface area contributed by atoms with Crippen LogP contribution >= 0.6 is 0 Å². The van der Waals surface area contributed by atoms with E-state index in [-0.39, 0.29) is 41.5 Å². The van der Waals surface area contributed by atoms with E-state index in [4.69, 9.17) is 9.47 Å².